The molecular weight excluding hydrogens is 1410 g/mol. The Hall–Kier alpha value is 0. The van der Waals surface area contributed by atoms with Crippen LogP contribution in [0.3, 0.4) is 0 Å². The summed E-state index contributed by atoms with van der Waals surface area (Å²) in [6.07, 6.45) is 92.5. The van der Waals surface area contributed by atoms with Crippen LogP contribution in [-0.2, 0) is 0 Å². The van der Waals surface area contributed by atoms with Crippen LogP contribution >= 0.6 is 0 Å². The fourth-order valence-electron chi connectivity index (χ4n) is 19.8. The average Bonchev–Trinajstić information content (AvgIpc) is 1.16. The van der Waals surface area contributed by atoms with E-state index in [1.165, 1.54) is 171 Å². The molecule has 2 spiro atoms. The van der Waals surface area contributed by atoms with Gasteiger partial charge in [0.1, 0.15) is 0 Å². The maximum Gasteiger partial charge on any atom is -0.0297 e. The molecule has 0 nitrogen and oxygen atoms in total. The second kappa shape index (κ2) is 62.2. The van der Waals surface area contributed by atoms with Crippen molar-refractivity contribution in [2.24, 2.45) is 125 Å². The zero-order chi connectivity index (χ0) is 87.1. The van der Waals surface area contributed by atoms with E-state index in [0.717, 1.165) is 58.2 Å². The highest BCUT2D eigenvalue weighted by molar-refractivity contribution is 4.90. The van der Waals surface area contributed by atoms with E-state index in [-0.39, 0.29) is 14.9 Å². The molecule has 0 aromatic heterocycles. The van der Waals surface area contributed by atoms with Crippen LogP contribution < -0.4 is 0 Å². The van der Waals surface area contributed by atoms with Gasteiger partial charge in [0.2, 0.25) is 0 Å². The fourth-order valence-corrected chi connectivity index (χ4v) is 19.8. The highest BCUT2D eigenvalue weighted by Gasteiger charge is 2.37. The molecule has 0 radical (unpaired) electrons. The van der Waals surface area contributed by atoms with E-state index in [4.69, 9.17) is 0 Å². The molecule has 18 aliphatic carbocycles. The van der Waals surface area contributed by atoms with Crippen LogP contribution in [0.4, 0.5) is 0 Å². The molecule has 0 aliphatic heterocycles. The second-order valence-corrected chi connectivity index (χ2v) is 52.4. The molecule has 18 aliphatic rings. The smallest absolute Gasteiger partial charge is 0.0297 e. The van der Waals surface area contributed by atoms with Crippen molar-refractivity contribution in [3.8, 4) is 0 Å². The Bertz CT molecular complexity index is 1820. The minimum Gasteiger partial charge on any atom is -0.0776 e. The highest BCUT2D eigenvalue weighted by atomic mass is 14.4. The van der Waals surface area contributed by atoms with Crippen LogP contribution in [0.15, 0.2) is 0 Å². The lowest BCUT2D eigenvalue weighted by Gasteiger charge is -2.40. The van der Waals surface area contributed by atoms with Crippen molar-refractivity contribution < 1.29 is 0 Å². The SMILES string of the molecule is C.C.C1CC2CC(C1)C2.C1CC2CCC(C1)C2.C1CC2CCC(C1)C2.C1CC2CCC1C2.C1CC2CCC1CC2.C1CC2CCCC(C1)C2.C1CCC2(CC1)CCCC2.C1CCC2(CC1)CCCC2.CCC(C)(C)C.CCC(C)(C)C.CCC(C)(C)C.CCC(C)(C)C.CCC(C)(C)C.CCC(C)(C)C.CCC(C)(C)C.CCC(C)(C)C. The molecule has 117 heavy (non-hydrogen) atoms. The Morgan fingerprint density at radius 3 is 0.350 bits per heavy atom. The molecule has 12 bridgehead atoms. The highest BCUT2D eigenvalue weighted by Crippen LogP contribution is 2.51. The van der Waals surface area contributed by atoms with Gasteiger partial charge in [-0.1, -0.05) is 538 Å². The van der Waals surface area contributed by atoms with Crippen molar-refractivity contribution in [1.82, 2.24) is 0 Å². The molecule has 0 aromatic carbocycles. The number of hydrogen-bond acceptors (Lipinski definition) is 0. The topological polar surface area (TPSA) is 0 Å². The van der Waals surface area contributed by atoms with E-state index in [0.29, 0.717) is 43.3 Å². The van der Waals surface area contributed by atoms with Crippen molar-refractivity contribution in [2.75, 3.05) is 0 Å². The standard InChI is InChI=1S/2C10H18.C9H16.3C8H14.2C7H12.8C6H14.2CH4/c2*1-2-6-10(7-3-1)8-4-5-9-10;1-3-8-5-2-6-9(4-1)7-8;1-2-8-5-3-7(1)4-6-8;2*1-2-7-4-5-8(3-1)6-7;1-2-7-4-3-6(1)5-7;1-2-6-4-7(3-1)5-6;8*1-5-6(2,3)4;;/h2*1-9H2;8-9H,1-7H2;3*7-8H,1-6H2;2*6-7H,1-5H2;8*5H2,1-4H3;2*1H4. The zero-order valence-corrected chi connectivity index (χ0v) is 87.1. The molecule has 706 valence electrons. The first-order valence-electron chi connectivity index (χ1n) is 53.5. The van der Waals surface area contributed by atoms with Gasteiger partial charge in [-0.05, 0) is 215 Å². The largest absolute Gasteiger partial charge is 0.0776 e. The third-order valence-electron chi connectivity index (χ3n) is 32.6. The van der Waals surface area contributed by atoms with E-state index in [1.807, 2.05) is 0 Å². The Morgan fingerprint density at radius 2 is 0.248 bits per heavy atom. The first-order valence-corrected chi connectivity index (χ1v) is 53.5. The van der Waals surface area contributed by atoms with Crippen molar-refractivity contribution in [1.29, 1.82) is 0 Å². The third-order valence-corrected chi connectivity index (χ3v) is 32.6. The fraction of sp³-hybridized carbons (Fsp3) is 1.00. The predicted molar refractivity (Wildman–Crippen MR) is 543 cm³/mol. The molecular formula is C117H238. The van der Waals surface area contributed by atoms with Gasteiger partial charge in [-0.3, -0.25) is 0 Å². The number of rotatable bonds is 0. The minimum atomic E-state index is 0. The van der Waals surface area contributed by atoms with Crippen molar-refractivity contribution >= 4 is 0 Å². The normalized spacial score (nSPS) is 28.5. The van der Waals surface area contributed by atoms with Gasteiger partial charge >= 0.3 is 0 Å². The van der Waals surface area contributed by atoms with Gasteiger partial charge < -0.3 is 0 Å². The molecule has 0 heterocycles. The average molecular weight is 1650 g/mol. The summed E-state index contributed by atoms with van der Waals surface area (Å²) in [7, 11) is 0. The Morgan fingerprint density at radius 1 is 0.145 bits per heavy atom. The van der Waals surface area contributed by atoms with Crippen molar-refractivity contribution in [3.63, 3.8) is 0 Å². The summed E-state index contributed by atoms with van der Waals surface area (Å²) < 4.78 is 0. The molecule has 4 atom stereocenters. The number of hydrogen-bond donors (Lipinski definition) is 0. The van der Waals surface area contributed by atoms with Gasteiger partial charge in [-0.15, -0.1) is 0 Å². The molecule has 0 amide bonds. The number of fused-ring (bicyclic) bond motifs is 13. The lowest BCUT2D eigenvalue weighted by Crippen LogP contribution is -2.28. The van der Waals surface area contributed by atoms with Gasteiger partial charge in [0.25, 0.3) is 0 Å². The summed E-state index contributed by atoms with van der Waals surface area (Å²) in [6, 6.07) is 0. The van der Waals surface area contributed by atoms with E-state index in [9.17, 15) is 0 Å². The molecule has 0 heteroatoms. The first kappa shape index (κ1) is 119. The van der Waals surface area contributed by atoms with Crippen molar-refractivity contribution in [3.05, 3.63) is 0 Å². The van der Waals surface area contributed by atoms with Crippen LogP contribution in [0.1, 0.15) is 628 Å². The van der Waals surface area contributed by atoms with Crippen LogP contribution in [0.2, 0.25) is 0 Å². The summed E-state index contributed by atoms with van der Waals surface area (Å²) in [5.41, 5.74) is 6.08. The zero-order valence-electron chi connectivity index (χ0n) is 87.1. The molecule has 4 unspecified atom stereocenters. The van der Waals surface area contributed by atoms with Crippen LogP contribution in [0, 0.1) is 125 Å². The van der Waals surface area contributed by atoms with E-state index in [1.54, 1.807) is 244 Å². The summed E-state index contributed by atoms with van der Waals surface area (Å²) in [5, 5.41) is 0. The first-order chi connectivity index (χ1) is 53.5. The monoisotopic (exact) mass is 1640 g/mol. The molecule has 0 N–H and O–H groups in total. The van der Waals surface area contributed by atoms with Crippen LogP contribution in [0.5, 0.6) is 0 Å². The quantitative estimate of drug-likeness (QED) is 0.227. The van der Waals surface area contributed by atoms with Gasteiger partial charge in [0, 0.05) is 0 Å². The summed E-state index contributed by atoms with van der Waals surface area (Å²) in [4.78, 5) is 0. The van der Waals surface area contributed by atoms with Gasteiger partial charge in [0.15, 0.2) is 0 Å². The van der Waals surface area contributed by atoms with Gasteiger partial charge in [0.05, 0.1) is 0 Å². The molecule has 0 aromatic rings. The maximum atomic E-state index is 2.24. The summed E-state index contributed by atoms with van der Waals surface area (Å²) >= 11 is 0. The van der Waals surface area contributed by atoms with E-state index >= 15 is 0 Å². The van der Waals surface area contributed by atoms with Crippen molar-refractivity contribution in [2.45, 2.75) is 628 Å². The Balaban J connectivity index is 0. The van der Waals surface area contributed by atoms with E-state index < -0.39 is 0 Å². The minimum absolute atomic E-state index is 0. The molecule has 0 saturated heterocycles. The second-order valence-electron chi connectivity index (χ2n) is 52.4. The maximum absolute atomic E-state index is 2.24. The van der Waals surface area contributed by atoms with E-state index in [2.05, 4.69) is 222 Å². The molecule has 18 fully saturated rings. The van der Waals surface area contributed by atoms with Gasteiger partial charge in [-0.25, -0.2) is 0 Å². The molecule has 18 rings (SSSR count). The van der Waals surface area contributed by atoms with Crippen LogP contribution in [-0.4, -0.2) is 0 Å². The predicted octanol–water partition coefficient (Wildman–Crippen LogP) is 43.0. The summed E-state index contributed by atoms with van der Waals surface area (Å²) in [5.74, 6) is 14.0. The third kappa shape index (κ3) is 66.1. The molecule has 18 saturated carbocycles. The Kier molecular flexibility index (Phi) is 63.3. The lowest BCUT2D eigenvalue weighted by atomic mass is 9.65. The van der Waals surface area contributed by atoms with Crippen LogP contribution in [0.25, 0.3) is 0 Å². The van der Waals surface area contributed by atoms with Gasteiger partial charge in [-0.2, -0.15) is 0 Å². The lowest BCUT2D eigenvalue weighted by molar-refractivity contribution is 0.116. The summed E-state index contributed by atoms with van der Waals surface area (Å²) in [6.45, 7) is 71.5. The Labute approximate surface area is 748 Å².